The molecular formula is C14H22N2O2. The fourth-order valence-corrected chi connectivity index (χ4v) is 1.64. The molecule has 0 aliphatic rings. The lowest BCUT2D eigenvalue weighted by atomic mass is 10.1. The summed E-state index contributed by atoms with van der Waals surface area (Å²) in [6.07, 6.45) is 0.941. The van der Waals surface area contributed by atoms with Crippen molar-refractivity contribution < 1.29 is 9.90 Å². The first kappa shape index (κ1) is 14.7. The summed E-state index contributed by atoms with van der Waals surface area (Å²) < 4.78 is 0. The zero-order valence-electron chi connectivity index (χ0n) is 10.9. The number of benzene rings is 1. The lowest BCUT2D eigenvalue weighted by molar-refractivity contribution is -0.121. The van der Waals surface area contributed by atoms with Gasteiger partial charge >= 0.3 is 0 Å². The molecule has 1 aromatic rings. The first-order valence-corrected chi connectivity index (χ1v) is 6.44. The maximum absolute atomic E-state index is 11.2. The van der Waals surface area contributed by atoms with Crippen LogP contribution in [-0.2, 0) is 4.79 Å². The van der Waals surface area contributed by atoms with E-state index in [9.17, 15) is 9.90 Å². The van der Waals surface area contributed by atoms with Crippen LogP contribution in [0.25, 0.3) is 0 Å². The summed E-state index contributed by atoms with van der Waals surface area (Å²) >= 11 is 0. The molecule has 0 saturated heterocycles. The summed E-state index contributed by atoms with van der Waals surface area (Å²) in [5, 5.41) is 15.8. The molecule has 1 atom stereocenters. The van der Waals surface area contributed by atoms with Crippen LogP contribution in [0.5, 0.6) is 0 Å². The van der Waals surface area contributed by atoms with Gasteiger partial charge in [-0.05, 0) is 12.0 Å². The average molecular weight is 250 g/mol. The number of carbonyl (C=O) groups excluding carboxylic acids is 1. The number of rotatable bonds is 8. The molecule has 0 saturated carbocycles. The van der Waals surface area contributed by atoms with Gasteiger partial charge in [0, 0.05) is 26.1 Å². The lowest BCUT2D eigenvalue weighted by Gasteiger charge is -2.12. The standard InChI is InChI=1S/C14H22N2O2/c1-2-6-14(18)16-10-9-15-11-13(17)12-7-4-3-5-8-12/h3-5,7-8,13,15,17H,2,6,9-11H2,1H3,(H,16,18)/t13-/m0/s1. The minimum absolute atomic E-state index is 0.0860. The summed E-state index contributed by atoms with van der Waals surface area (Å²) in [4.78, 5) is 11.2. The molecule has 0 bridgehead atoms. The van der Waals surface area contributed by atoms with Gasteiger partial charge in [0.25, 0.3) is 0 Å². The van der Waals surface area contributed by atoms with Gasteiger partial charge in [-0.15, -0.1) is 0 Å². The predicted octanol–water partition coefficient (Wildman–Crippen LogP) is 1.23. The Labute approximate surface area is 108 Å². The minimum Gasteiger partial charge on any atom is -0.387 e. The van der Waals surface area contributed by atoms with Crippen LogP contribution < -0.4 is 10.6 Å². The van der Waals surface area contributed by atoms with Gasteiger partial charge in [0.05, 0.1) is 6.10 Å². The Morgan fingerprint density at radius 2 is 2.00 bits per heavy atom. The van der Waals surface area contributed by atoms with Crippen molar-refractivity contribution in [3.8, 4) is 0 Å². The van der Waals surface area contributed by atoms with E-state index in [1.807, 2.05) is 37.3 Å². The molecule has 18 heavy (non-hydrogen) atoms. The first-order valence-electron chi connectivity index (χ1n) is 6.44. The van der Waals surface area contributed by atoms with Gasteiger partial charge in [0.2, 0.25) is 5.91 Å². The summed E-state index contributed by atoms with van der Waals surface area (Å²) in [5.74, 6) is 0.0860. The second kappa shape index (κ2) is 8.66. The Balaban J connectivity index is 2.09. The van der Waals surface area contributed by atoms with Gasteiger partial charge in [-0.3, -0.25) is 4.79 Å². The maximum atomic E-state index is 11.2. The summed E-state index contributed by atoms with van der Waals surface area (Å²) in [5.41, 5.74) is 0.903. The van der Waals surface area contributed by atoms with Crippen LogP contribution in [0, 0.1) is 0 Å². The third kappa shape index (κ3) is 5.80. The van der Waals surface area contributed by atoms with E-state index in [0.29, 0.717) is 26.1 Å². The molecule has 0 spiro atoms. The second-order valence-electron chi connectivity index (χ2n) is 4.23. The van der Waals surface area contributed by atoms with E-state index in [0.717, 1.165) is 12.0 Å². The van der Waals surface area contributed by atoms with Gasteiger partial charge < -0.3 is 15.7 Å². The van der Waals surface area contributed by atoms with Crippen molar-refractivity contribution in [1.82, 2.24) is 10.6 Å². The lowest BCUT2D eigenvalue weighted by Crippen LogP contribution is -2.33. The van der Waals surface area contributed by atoms with E-state index >= 15 is 0 Å². The van der Waals surface area contributed by atoms with Gasteiger partial charge in [0.15, 0.2) is 0 Å². The Morgan fingerprint density at radius 3 is 2.67 bits per heavy atom. The highest BCUT2D eigenvalue weighted by molar-refractivity contribution is 5.75. The molecular weight excluding hydrogens is 228 g/mol. The monoisotopic (exact) mass is 250 g/mol. The fourth-order valence-electron chi connectivity index (χ4n) is 1.64. The normalized spacial score (nSPS) is 12.1. The number of carbonyl (C=O) groups is 1. The third-order valence-electron chi connectivity index (χ3n) is 2.62. The number of aliphatic hydroxyl groups excluding tert-OH is 1. The summed E-state index contributed by atoms with van der Waals surface area (Å²) in [6.45, 7) is 3.74. The molecule has 1 rings (SSSR count). The van der Waals surface area contributed by atoms with Crippen LogP contribution in [0.1, 0.15) is 31.4 Å². The van der Waals surface area contributed by atoms with E-state index in [4.69, 9.17) is 0 Å². The number of amides is 1. The van der Waals surface area contributed by atoms with Crippen molar-refractivity contribution in [2.24, 2.45) is 0 Å². The van der Waals surface area contributed by atoms with Crippen molar-refractivity contribution in [1.29, 1.82) is 0 Å². The predicted molar refractivity (Wildman–Crippen MR) is 72.2 cm³/mol. The first-order chi connectivity index (χ1) is 8.74. The van der Waals surface area contributed by atoms with Crippen LogP contribution >= 0.6 is 0 Å². The highest BCUT2D eigenvalue weighted by Gasteiger charge is 2.05. The van der Waals surface area contributed by atoms with Gasteiger partial charge in [-0.25, -0.2) is 0 Å². The second-order valence-corrected chi connectivity index (χ2v) is 4.23. The number of hydrogen-bond donors (Lipinski definition) is 3. The molecule has 0 unspecified atom stereocenters. The van der Waals surface area contributed by atoms with Gasteiger partial charge in [-0.1, -0.05) is 37.3 Å². The molecule has 0 fully saturated rings. The van der Waals surface area contributed by atoms with Crippen molar-refractivity contribution >= 4 is 5.91 Å². The Morgan fingerprint density at radius 1 is 1.28 bits per heavy atom. The largest absolute Gasteiger partial charge is 0.387 e. The van der Waals surface area contributed by atoms with E-state index < -0.39 is 6.10 Å². The Bertz CT molecular complexity index is 341. The smallest absolute Gasteiger partial charge is 0.220 e. The minimum atomic E-state index is -0.502. The Hall–Kier alpha value is -1.39. The highest BCUT2D eigenvalue weighted by Crippen LogP contribution is 2.09. The molecule has 3 N–H and O–H groups in total. The SMILES string of the molecule is CCCC(=O)NCCNC[C@H](O)c1ccccc1. The van der Waals surface area contributed by atoms with Gasteiger partial charge in [0.1, 0.15) is 0 Å². The molecule has 100 valence electrons. The quantitative estimate of drug-likeness (QED) is 0.608. The zero-order valence-corrected chi connectivity index (χ0v) is 10.9. The van der Waals surface area contributed by atoms with Crippen LogP contribution in [0.3, 0.4) is 0 Å². The molecule has 0 aliphatic carbocycles. The molecule has 0 radical (unpaired) electrons. The van der Waals surface area contributed by atoms with Crippen LogP contribution in [0.15, 0.2) is 30.3 Å². The molecule has 0 heterocycles. The van der Waals surface area contributed by atoms with Crippen LogP contribution in [0.2, 0.25) is 0 Å². The topological polar surface area (TPSA) is 61.4 Å². The molecule has 0 aromatic heterocycles. The number of hydrogen-bond acceptors (Lipinski definition) is 3. The highest BCUT2D eigenvalue weighted by atomic mass is 16.3. The zero-order chi connectivity index (χ0) is 13.2. The van der Waals surface area contributed by atoms with E-state index in [2.05, 4.69) is 10.6 Å². The fraction of sp³-hybridized carbons (Fsp3) is 0.500. The number of nitrogens with one attached hydrogen (secondary N) is 2. The van der Waals surface area contributed by atoms with Crippen molar-refractivity contribution in [3.63, 3.8) is 0 Å². The van der Waals surface area contributed by atoms with Crippen LogP contribution in [0.4, 0.5) is 0 Å². The molecule has 1 aromatic carbocycles. The molecule has 4 nitrogen and oxygen atoms in total. The van der Waals surface area contributed by atoms with Gasteiger partial charge in [-0.2, -0.15) is 0 Å². The van der Waals surface area contributed by atoms with E-state index in [-0.39, 0.29) is 5.91 Å². The van der Waals surface area contributed by atoms with Crippen molar-refractivity contribution in [2.45, 2.75) is 25.9 Å². The van der Waals surface area contributed by atoms with E-state index in [1.54, 1.807) is 0 Å². The summed E-state index contributed by atoms with van der Waals surface area (Å²) in [6, 6.07) is 9.53. The Kier molecular flexibility index (Phi) is 7.06. The molecule has 1 amide bonds. The molecule has 0 aliphatic heterocycles. The maximum Gasteiger partial charge on any atom is 0.220 e. The van der Waals surface area contributed by atoms with Crippen molar-refractivity contribution in [3.05, 3.63) is 35.9 Å². The molecule has 4 heteroatoms. The van der Waals surface area contributed by atoms with Crippen LogP contribution in [-0.4, -0.2) is 30.6 Å². The summed E-state index contributed by atoms with van der Waals surface area (Å²) in [7, 11) is 0. The third-order valence-corrected chi connectivity index (χ3v) is 2.62. The average Bonchev–Trinajstić information content (AvgIpc) is 2.39. The number of aliphatic hydroxyl groups is 1. The van der Waals surface area contributed by atoms with E-state index in [1.165, 1.54) is 0 Å². The van der Waals surface area contributed by atoms with Crippen molar-refractivity contribution in [2.75, 3.05) is 19.6 Å².